The standard InChI is InChI=1S/C24H29N3O2/c1-17-4-3-5-22(26-17)10-13-27-11-8-19(9-12-27)16-25-24(28)20-6-7-23-21(15-20)14-18(2)29-23/h3-7,14-15,19H,8-13,16H2,1-2H3,(H,25,28). The molecule has 1 amide bonds. The van der Waals surface area contributed by atoms with Crippen LogP contribution in [0.3, 0.4) is 0 Å². The van der Waals surface area contributed by atoms with Gasteiger partial charge in [-0.2, -0.15) is 0 Å². The van der Waals surface area contributed by atoms with Crippen molar-refractivity contribution in [2.75, 3.05) is 26.2 Å². The average Bonchev–Trinajstić information content (AvgIpc) is 3.10. The van der Waals surface area contributed by atoms with Crippen LogP contribution in [0.25, 0.3) is 11.0 Å². The molecule has 0 unspecified atom stereocenters. The van der Waals surface area contributed by atoms with Crippen molar-refractivity contribution < 1.29 is 9.21 Å². The summed E-state index contributed by atoms with van der Waals surface area (Å²) >= 11 is 0. The summed E-state index contributed by atoms with van der Waals surface area (Å²) in [5.74, 6) is 1.41. The molecule has 0 saturated carbocycles. The van der Waals surface area contributed by atoms with Gasteiger partial charge in [-0.1, -0.05) is 6.07 Å². The Hall–Kier alpha value is -2.66. The van der Waals surface area contributed by atoms with Gasteiger partial charge in [0.15, 0.2) is 0 Å². The maximum absolute atomic E-state index is 12.5. The highest BCUT2D eigenvalue weighted by atomic mass is 16.3. The van der Waals surface area contributed by atoms with Gasteiger partial charge in [-0.05, 0) is 82.1 Å². The highest BCUT2D eigenvalue weighted by Crippen LogP contribution is 2.21. The number of fused-ring (bicyclic) bond motifs is 1. The Morgan fingerprint density at radius 3 is 2.79 bits per heavy atom. The van der Waals surface area contributed by atoms with Crippen molar-refractivity contribution in [3.63, 3.8) is 0 Å². The quantitative estimate of drug-likeness (QED) is 0.686. The molecule has 1 aliphatic rings. The third-order valence-corrected chi connectivity index (χ3v) is 5.79. The molecule has 0 atom stereocenters. The fraction of sp³-hybridized carbons (Fsp3) is 0.417. The number of carbonyl (C=O) groups excluding carboxylic acids is 1. The van der Waals surface area contributed by atoms with Crippen molar-refractivity contribution in [1.82, 2.24) is 15.2 Å². The number of piperidine rings is 1. The summed E-state index contributed by atoms with van der Waals surface area (Å²) in [6, 6.07) is 13.8. The number of benzene rings is 1. The minimum Gasteiger partial charge on any atom is -0.461 e. The SMILES string of the molecule is Cc1cccc(CCN2CCC(CNC(=O)c3ccc4oc(C)cc4c3)CC2)n1. The highest BCUT2D eigenvalue weighted by molar-refractivity contribution is 5.97. The van der Waals surface area contributed by atoms with Gasteiger partial charge in [-0.15, -0.1) is 0 Å². The maximum Gasteiger partial charge on any atom is 0.251 e. The second-order valence-corrected chi connectivity index (χ2v) is 8.13. The van der Waals surface area contributed by atoms with Crippen LogP contribution in [0.2, 0.25) is 0 Å². The average molecular weight is 392 g/mol. The Bertz CT molecular complexity index is 987. The number of nitrogens with zero attached hydrogens (tertiary/aromatic N) is 2. The monoisotopic (exact) mass is 391 g/mol. The number of aromatic nitrogens is 1. The Morgan fingerprint density at radius 1 is 1.17 bits per heavy atom. The van der Waals surface area contributed by atoms with Crippen LogP contribution in [0.1, 0.15) is 40.3 Å². The summed E-state index contributed by atoms with van der Waals surface area (Å²) in [6.07, 6.45) is 3.25. The number of pyridine rings is 1. The molecule has 5 nitrogen and oxygen atoms in total. The van der Waals surface area contributed by atoms with Gasteiger partial charge in [0, 0.05) is 41.8 Å². The van der Waals surface area contributed by atoms with E-state index in [9.17, 15) is 4.79 Å². The molecule has 1 saturated heterocycles. The second-order valence-electron chi connectivity index (χ2n) is 8.13. The van der Waals surface area contributed by atoms with E-state index in [2.05, 4.69) is 27.3 Å². The first kappa shape index (κ1) is 19.6. The first-order valence-corrected chi connectivity index (χ1v) is 10.5. The molecule has 0 bridgehead atoms. The fourth-order valence-electron chi connectivity index (χ4n) is 4.08. The van der Waals surface area contributed by atoms with Crippen molar-refractivity contribution >= 4 is 16.9 Å². The van der Waals surface area contributed by atoms with Gasteiger partial charge in [0.25, 0.3) is 5.91 Å². The van der Waals surface area contributed by atoms with Gasteiger partial charge in [-0.25, -0.2) is 0 Å². The Balaban J connectivity index is 1.21. The normalized spacial score (nSPS) is 15.7. The molecule has 152 valence electrons. The van der Waals surface area contributed by atoms with Gasteiger partial charge in [0.2, 0.25) is 0 Å². The zero-order chi connectivity index (χ0) is 20.2. The van der Waals surface area contributed by atoms with Gasteiger partial charge < -0.3 is 14.6 Å². The number of hydrogen-bond acceptors (Lipinski definition) is 4. The lowest BCUT2D eigenvalue weighted by molar-refractivity contribution is 0.0936. The molecule has 5 heteroatoms. The van der Waals surface area contributed by atoms with Gasteiger partial charge in [0.05, 0.1) is 0 Å². The van der Waals surface area contributed by atoms with Crippen LogP contribution in [0.4, 0.5) is 0 Å². The van der Waals surface area contributed by atoms with Crippen LogP contribution >= 0.6 is 0 Å². The summed E-state index contributed by atoms with van der Waals surface area (Å²) in [6.45, 7) is 7.94. The Labute approximate surface area is 172 Å². The van der Waals surface area contributed by atoms with Crippen LogP contribution < -0.4 is 5.32 Å². The molecule has 3 heterocycles. The molecule has 2 aromatic heterocycles. The molecule has 0 radical (unpaired) electrons. The summed E-state index contributed by atoms with van der Waals surface area (Å²) in [4.78, 5) is 19.6. The zero-order valence-electron chi connectivity index (χ0n) is 17.3. The number of nitrogens with one attached hydrogen (secondary N) is 1. The maximum atomic E-state index is 12.5. The minimum atomic E-state index is -0.00120. The van der Waals surface area contributed by atoms with E-state index in [1.165, 1.54) is 5.69 Å². The molecule has 1 aliphatic heterocycles. The lowest BCUT2D eigenvalue weighted by Gasteiger charge is -2.32. The first-order chi connectivity index (χ1) is 14.1. The molecule has 4 rings (SSSR count). The van der Waals surface area contributed by atoms with Crippen molar-refractivity contribution in [2.24, 2.45) is 5.92 Å². The van der Waals surface area contributed by atoms with Crippen LogP contribution in [0.15, 0.2) is 46.9 Å². The van der Waals surface area contributed by atoms with E-state index < -0.39 is 0 Å². The minimum absolute atomic E-state index is 0.00120. The summed E-state index contributed by atoms with van der Waals surface area (Å²) in [5, 5.41) is 4.10. The lowest BCUT2D eigenvalue weighted by Crippen LogP contribution is -2.39. The molecule has 29 heavy (non-hydrogen) atoms. The van der Waals surface area contributed by atoms with Crippen molar-refractivity contribution in [3.05, 3.63) is 65.2 Å². The van der Waals surface area contributed by atoms with Crippen LogP contribution in [0, 0.1) is 19.8 Å². The predicted molar refractivity (Wildman–Crippen MR) is 115 cm³/mol. The molecule has 0 spiro atoms. The lowest BCUT2D eigenvalue weighted by atomic mass is 9.96. The van der Waals surface area contributed by atoms with E-state index in [4.69, 9.17) is 4.42 Å². The number of carbonyl (C=O) groups is 1. The number of likely N-dealkylation sites (tertiary alicyclic amines) is 1. The first-order valence-electron chi connectivity index (χ1n) is 10.5. The molecule has 0 aliphatic carbocycles. The van der Waals surface area contributed by atoms with E-state index in [0.29, 0.717) is 11.5 Å². The third kappa shape index (κ3) is 5.04. The van der Waals surface area contributed by atoms with E-state index >= 15 is 0 Å². The molecular weight excluding hydrogens is 362 g/mol. The third-order valence-electron chi connectivity index (χ3n) is 5.79. The zero-order valence-corrected chi connectivity index (χ0v) is 17.3. The molecule has 1 N–H and O–H groups in total. The topological polar surface area (TPSA) is 58.4 Å². The van der Waals surface area contributed by atoms with Gasteiger partial charge in [-0.3, -0.25) is 9.78 Å². The summed E-state index contributed by atoms with van der Waals surface area (Å²) < 4.78 is 5.58. The van der Waals surface area contributed by atoms with Crippen molar-refractivity contribution in [3.8, 4) is 0 Å². The Morgan fingerprint density at radius 2 is 2.00 bits per heavy atom. The molecule has 1 fully saturated rings. The second kappa shape index (κ2) is 8.78. The largest absolute Gasteiger partial charge is 0.461 e. The number of amides is 1. The van der Waals surface area contributed by atoms with Crippen molar-refractivity contribution in [2.45, 2.75) is 33.1 Å². The fourth-order valence-corrected chi connectivity index (χ4v) is 4.08. The molecular formula is C24H29N3O2. The number of aryl methyl sites for hydroxylation is 2. The van der Waals surface area contributed by atoms with E-state index in [1.807, 2.05) is 44.2 Å². The number of hydrogen-bond donors (Lipinski definition) is 1. The number of furan rings is 1. The van der Waals surface area contributed by atoms with E-state index in [-0.39, 0.29) is 5.91 Å². The number of rotatable bonds is 6. The van der Waals surface area contributed by atoms with Crippen LogP contribution in [-0.2, 0) is 6.42 Å². The van der Waals surface area contributed by atoms with Crippen LogP contribution in [-0.4, -0.2) is 42.0 Å². The van der Waals surface area contributed by atoms with E-state index in [1.54, 1.807) is 0 Å². The van der Waals surface area contributed by atoms with Gasteiger partial charge in [0.1, 0.15) is 11.3 Å². The van der Waals surface area contributed by atoms with Gasteiger partial charge >= 0.3 is 0 Å². The smallest absolute Gasteiger partial charge is 0.251 e. The Kier molecular flexibility index (Phi) is 5.95. The highest BCUT2D eigenvalue weighted by Gasteiger charge is 2.20. The summed E-state index contributed by atoms with van der Waals surface area (Å²) in [7, 11) is 0. The van der Waals surface area contributed by atoms with Crippen LogP contribution in [0.5, 0.6) is 0 Å². The van der Waals surface area contributed by atoms with E-state index in [0.717, 1.165) is 67.9 Å². The molecule has 1 aromatic carbocycles. The van der Waals surface area contributed by atoms with Crippen molar-refractivity contribution in [1.29, 1.82) is 0 Å². The predicted octanol–water partition coefficient (Wildman–Crippen LogP) is 4.13. The summed E-state index contributed by atoms with van der Waals surface area (Å²) in [5.41, 5.74) is 3.77. The molecule has 3 aromatic rings.